The van der Waals surface area contributed by atoms with Gasteiger partial charge < -0.3 is 15.4 Å². The van der Waals surface area contributed by atoms with Crippen molar-refractivity contribution in [3.05, 3.63) is 18.3 Å². The fourth-order valence-corrected chi connectivity index (χ4v) is 3.63. The van der Waals surface area contributed by atoms with Crippen LogP contribution in [0, 0.1) is 11.8 Å². The Morgan fingerprint density at radius 2 is 2.12 bits per heavy atom. The highest BCUT2D eigenvalue weighted by Crippen LogP contribution is 2.44. The summed E-state index contributed by atoms with van der Waals surface area (Å²) in [5.74, 6) is 2.40. The molecule has 25 heavy (non-hydrogen) atoms. The van der Waals surface area contributed by atoms with Crippen LogP contribution in [0.15, 0.2) is 18.3 Å². The van der Waals surface area contributed by atoms with Crippen molar-refractivity contribution in [1.82, 2.24) is 20.4 Å². The number of rotatable bonds is 8. The second-order valence-electron chi connectivity index (χ2n) is 7.49. The van der Waals surface area contributed by atoms with Crippen LogP contribution in [0.4, 0.5) is 5.82 Å². The van der Waals surface area contributed by atoms with Gasteiger partial charge in [-0.1, -0.05) is 0 Å². The number of aromatic nitrogens is 2. The summed E-state index contributed by atoms with van der Waals surface area (Å²) in [6.07, 6.45) is 6.86. The molecule has 2 saturated carbocycles. The highest BCUT2D eigenvalue weighted by Gasteiger charge is 2.42. The summed E-state index contributed by atoms with van der Waals surface area (Å²) >= 11 is 0. The van der Waals surface area contributed by atoms with E-state index in [0.717, 1.165) is 30.7 Å². The van der Waals surface area contributed by atoms with Crippen LogP contribution < -0.4 is 10.6 Å². The van der Waals surface area contributed by atoms with Crippen molar-refractivity contribution in [2.45, 2.75) is 37.8 Å². The Balaban J connectivity index is 1.21. The Morgan fingerprint density at radius 3 is 2.80 bits per heavy atom. The molecule has 4 rings (SSSR count). The molecule has 1 atom stereocenters. The molecule has 1 unspecified atom stereocenters. The predicted molar refractivity (Wildman–Crippen MR) is 94.1 cm³/mol. The average molecular weight is 345 g/mol. The molecule has 0 radical (unpaired) electrons. The molecule has 7 nitrogen and oxygen atoms in total. The highest BCUT2D eigenvalue weighted by atomic mass is 16.5. The molecule has 0 bridgehead atoms. The fraction of sp³-hybridized carbons (Fsp3) is 0.722. The number of ether oxygens (including phenoxy) is 1. The zero-order chi connectivity index (χ0) is 17.1. The number of carbonyl (C=O) groups excluding carboxylic acids is 1. The van der Waals surface area contributed by atoms with E-state index in [4.69, 9.17) is 4.74 Å². The molecular weight excluding hydrogens is 318 g/mol. The SMILES string of the molecule is O=C(CN1CCOC(CNc2cccnn2)C1)NC(C1CC1)C1CC1. The average Bonchev–Trinajstić information content (AvgIpc) is 3.53. The highest BCUT2D eigenvalue weighted by molar-refractivity contribution is 5.78. The lowest BCUT2D eigenvalue weighted by Gasteiger charge is -2.33. The fourth-order valence-electron chi connectivity index (χ4n) is 3.63. The third kappa shape index (κ3) is 4.89. The number of anilines is 1. The quantitative estimate of drug-likeness (QED) is 0.729. The van der Waals surface area contributed by atoms with E-state index in [2.05, 4.69) is 25.7 Å². The summed E-state index contributed by atoms with van der Waals surface area (Å²) in [4.78, 5) is 14.6. The van der Waals surface area contributed by atoms with Gasteiger partial charge in [0.05, 0.1) is 19.3 Å². The van der Waals surface area contributed by atoms with Crippen LogP contribution in [0.1, 0.15) is 25.7 Å². The lowest BCUT2D eigenvalue weighted by atomic mass is 10.1. The minimum atomic E-state index is 0.0613. The van der Waals surface area contributed by atoms with Crippen LogP contribution in [0.3, 0.4) is 0 Å². The second-order valence-corrected chi connectivity index (χ2v) is 7.49. The van der Waals surface area contributed by atoms with Gasteiger partial charge in [-0.3, -0.25) is 9.69 Å². The molecule has 3 aliphatic rings. The third-order valence-electron chi connectivity index (χ3n) is 5.26. The van der Waals surface area contributed by atoms with Crippen LogP contribution >= 0.6 is 0 Å². The summed E-state index contributed by atoms with van der Waals surface area (Å²) in [5.41, 5.74) is 0. The molecule has 7 heteroatoms. The van der Waals surface area contributed by atoms with Gasteiger partial charge in [0.15, 0.2) is 0 Å². The number of hydrogen-bond donors (Lipinski definition) is 2. The monoisotopic (exact) mass is 345 g/mol. The lowest BCUT2D eigenvalue weighted by molar-refractivity contribution is -0.125. The summed E-state index contributed by atoms with van der Waals surface area (Å²) in [7, 11) is 0. The van der Waals surface area contributed by atoms with E-state index in [1.54, 1.807) is 6.20 Å². The molecule has 1 aromatic rings. The first-order valence-corrected chi connectivity index (χ1v) is 9.43. The van der Waals surface area contributed by atoms with E-state index in [0.29, 0.717) is 25.7 Å². The van der Waals surface area contributed by atoms with Gasteiger partial charge in [0.2, 0.25) is 5.91 Å². The van der Waals surface area contributed by atoms with Crippen molar-refractivity contribution in [3.63, 3.8) is 0 Å². The molecule has 1 amide bonds. The van der Waals surface area contributed by atoms with Crippen molar-refractivity contribution in [2.75, 3.05) is 38.1 Å². The van der Waals surface area contributed by atoms with E-state index in [1.807, 2.05) is 12.1 Å². The zero-order valence-electron chi connectivity index (χ0n) is 14.6. The molecule has 2 heterocycles. The maximum atomic E-state index is 12.4. The number of amides is 1. The first-order valence-electron chi connectivity index (χ1n) is 9.43. The Hall–Kier alpha value is -1.73. The van der Waals surface area contributed by atoms with E-state index in [1.165, 1.54) is 25.7 Å². The first kappa shape index (κ1) is 16.7. The maximum Gasteiger partial charge on any atom is 0.234 e. The summed E-state index contributed by atoms with van der Waals surface area (Å²) in [6, 6.07) is 4.17. The van der Waals surface area contributed by atoms with Crippen LogP contribution in [-0.2, 0) is 9.53 Å². The Morgan fingerprint density at radius 1 is 1.32 bits per heavy atom. The smallest absolute Gasteiger partial charge is 0.234 e. The molecule has 1 saturated heterocycles. The molecule has 3 fully saturated rings. The summed E-state index contributed by atoms with van der Waals surface area (Å²) in [6.45, 7) is 3.38. The number of nitrogens with one attached hydrogen (secondary N) is 2. The molecule has 2 N–H and O–H groups in total. The molecule has 1 aliphatic heterocycles. The molecule has 0 aromatic carbocycles. The van der Waals surface area contributed by atoms with Gasteiger partial charge in [0.25, 0.3) is 0 Å². The zero-order valence-corrected chi connectivity index (χ0v) is 14.6. The van der Waals surface area contributed by atoms with Crippen molar-refractivity contribution in [3.8, 4) is 0 Å². The number of carbonyl (C=O) groups is 1. The van der Waals surface area contributed by atoms with E-state index in [-0.39, 0.29) is 12.0 Å². The van der Waals surface area contributed by atoms with Gasteiger partial charge >= 0.3 is 0 Å². The van der Waals surface area contributed by atoms with Crippen molar-refractivity contribution >= 4 is 11.7 Å². The summed E-state index contributed by atoms with van der Waals surface area (Å²) < 4.78 is 5.80. The van der Waals surface area contributed by atoms with Gasteiger partial charge in [-0.05, 0) is 49.7 Å². The van der Waals surface area contributed by atoms with Crippen LogP contribution in [0.2, 0.25) is 0 Å². The van der Waals surface area contributed by atoms with Gasteiger partial charge in [-0.2, -0.15) is 5.10 Å². The van der Waals surface area contributed by atoms with Crippen molar-refractivity contribution < 1.29 is 9.53 Å². The molecule has 136 valence electrons. The normalized spacial score (nSPS) is 24.3. The van der Waals surface area contributed by atoms with E-state index >= 15 is 0 Å². The van der Waals surface area contributed by atoms with E-state index in [9.17, 15) is 4.79 Å². The molecule has 1 aromatic heterocycles. The largest absolute Gasteiger partial charge is 0.374 e. The van der Waals surface area contributed by atoms with Crippen LogP contribution in [0.25, 0.3) is 0 Å². The van der Waals surface area contributed by atoms with E-state index < -0.39 is 0 Å². The standard InChI is InChI=1S/C18H27N5O2/c24-17(21-18(13-3-4-13)14-5-6-14)12-23-8-9-25-15(11-23)10-19-16-2-1-7-20-22-16/h1-2,7,13-15,18H,3-6,8-12H2,(H,19,22)(H,21,24). The van der Waals surface area contributed by atoms with Crippen LogP contribution in [0.5, 0.6) is 0 Å². The minimum absolute atomic E-state index is 0.0613. The molecule has 2 aliphatic carbocycles. The van der Waals surface area contributed by atoms with Gasteiger partial charge in [-0.15, -0.1) is 5.10 Å². The minimum Gasteiger partial charge on any atom is -0.374 e. The van der Waals surface area contributed by atoms with Gasteiger partial charge in [0.1, 0.15) is 5.82 Å². The number of nitrogens with zero attached hydrogens (tertiary/aromatic N) is 3. The Labute approximate surface area is 148 Å². The Kier molecular flexibility index (Phi) is 5.12. The van der Waals surface area contributed by atoms with Crippen molar-refractivity contribution in [2.24, 2.45) is 11.8 Å². The van der Waals surface area contributed by atoms with Gasteiger partial charge in [-0.25, -0.2) is 0 Å². The topological polar surface area (TPSA) is 79.4 Å². The summed E-state index contributed by atoms with van der Waals surface area (Å²) in [5, 5.41) is 14.4. The Bertz CT molecular complexity index is 564. The lowest BCUT2D eigenvalue weighted by Crippen LogP contribution is -2.50. The number of morpholine rings is 1. The maximum absolute atomic E-state index is 12.4. The predicted octanol–water partition coefficient (Wildman–Crippen LogP) is 0.894. The third-order valence-corrected chi connectivity index (χ3v) is 5.26. The number of hydrogen-bond acceptors (Lipinski definition) is 6. The molecular formula is C18H27N5O2. The van der Waals surface area contributed by atoms with Crippen molar-refractivity contribution in [1.29, 1.82) is 0 Å². The van der Waals surface area contributed by atoms with Gasteiger partial charge in [0, 0.05) is 31.9 Å². The first-order chi connectivity index (χ1) is 12.3. The van der Waals surface area contributed by atoms with Crippen LogP contribution in [-0.4, -0.2) is 65.9 Å². The second kappa shape index (κ2) is 7.66. The molecule has 0 spiro atoms.